The number of hydrogen-bond acceptors (Lipinski definition) is 5. The van der Waals surface area contributed by atoms with E-state index >= 15 is 0 Å². The Balaban J connectivity index is 4.44. The van der Waals surface area contributed by atoms with Crippen LogP contribution in [0.15, 0.2) is 24.3 Å². The second kappa shape index (κ2) is 41.5. The van der Waals surface area contributed by atoms with E-state index in [0.717, 1.165) is 77.0 Å². The maximum Gasteiger partial charge on any atom is 0.306 e. The van der Waals surface area contributed by atoms with E-state index in [-0.39, 0.29) is 24.9 Å². The third-order valence-electron chi connectivity index (χ3n) is 10.5. The van der Waals surface area contributed by atoms with E-state index in [9.17, 15) is 19.8 Å². The lowest BCUT2D eigenvalue weighted by atomic mass is 10.0. The Hall–Kier alpha value is -1.66. The van der Waals surface area contributed by atoms with Gasteiger partial charge in [-0.1, -0.05) is 186 Å². The molecule has 6 heteroatoms. The van der Waals surface area contributed by atoms with Crippen molar-refractivity contribution in [2.75, 3.05) is 6.61 Å². The number of aliphatic hydroxyl groups is 2. The largest absolute Gasteiger partial charge is 0.462 e. The van der Waals surface area contributed by atoms with E-state index in [4.69, 9.17) is 4.74 Å². The number of allylic oxidation sites excluding steroid dienone is 4. The molecule has 0 radical (unpaired) electrons. The Morgan fingerprint density at radius 2 is 0.962 bits per heavy atom. The third-order valence-corrected chi connectivity index (χ3v) is 10.5. The average molecular weight is 748 g/mol. The summed E-state index contributed by atoms with van der Waals surface area (Å²) in [6.07, 6.45) is 45.3. The lowest BCUT2D eigenvalue weighted by Crippen LogP contribution is -2.46. The van der Waals surface area contributed by atoms with Gasteiger partial charge in [-0.05, 0) is 64.2 Å². The Kier molecular flexibility index (Phi) is 40.2. The number of carbonyl (C=O) groups excluding carboxylic acids is 2. The van der Waals surface area contributed by atoms with Gasteiger partial charge in [-0.25, -0.2) is 0 Å². The first-order valence-electron chi connectivity index (χ1n) is 23.1. The van der Waals surface area contributed by atoms with Crippen LogP contribution in [0.4, 0.5) is 0 Å². The van der Waals surface area contributed by atoms with E-state index < -0.39 is 18.2 Å². The molecule has 0 rings (SSSR count). The molecule has 0 saturated heterocycles. The second-order valence-corrected chi connectivity index (χ2v) is 15.8. The minimum atomic E-state index is -0.787. The first-order chi connectivity index (χ1) is 26.0. The summed E-state index contributed by atoms with van der Waals surface area (Å²) in [6.45, 7) is 6.37. The fraction of sp³-hybridized carbons (Fsp3) is 0.872. The molecule has 0 aromatic carbocycles. The Morgan fingerprint density at radius 3 is 1.49 bits per heavy atom. The fourth-order valence-corrected chi connectivity index (χ4v) is 6.94. The molecular weight excluding hydrogens is 659 g/mol. The quantitative estimate of drug-likeness (QED) is 0.0329. The Labute approximate surface area is 329 Å². The van der Waals surface area contributed by atoms with E-state index in [1.807, 2.05) is 0 Å². The second-order valence-electron chi connectivity index (χ2n) is 15.8. The van der Waals surface area contributed by atoms with Gasteiger partial charge < -0.3 is 20.3 Å². The van der Waals surface area contributed by atoms with Crippen LogP contribution >= 0.6 is 0 Å². The van der Waals surface area contributed by atoms with Gasteiger partial charge in [0.25, 0.3) is 0 Å². The summed E-state index contributed by atoms with van der Waals surface area (Å²) < 4.78 is 5.86. The van der Waals surface area contributed by atoms with Crippen LogP contribution in [0.5, 0.6) is 0 Å². The number of rotatable bonds is 41. The van der Waals surface area contributed by atoms with Gasteiger partial charge in [0.2, 0.25) is 5.91 Å². The summed E-state index contributed by atoms with van der Waals surface area (Å²) in [7, 11) is 0. The molecule has 0 aliphatic carbocycles. The minimum absolute atomic E-state index is 0.0656. The van der Waals surface area contributed by atoms with Gasteiger partial charge in [-0.15, -0.1) is 0 Å². The number of esters is 1. The highest BCUT2D eigenvalue weighted by Gasteiger charge is 2.24. The van der Waals surface area contributed by atoms with Crippen LogP contribution in [0.2, 0.25) is 0 Å². The molecule has 312 valence electrons. The Morgan fingerprint density at radius 1 is 0.528 bits per heavy atom. The van der Waals surface area contributed by atoms with E-state index in [0.29, 0.717) is 19.3 Å². The first kappa shape index (κ1) is 51.3. The number of ether oxygens (including phenoxy) is 1. The molecule has 3 N–H and O–H groups in total. The van der Waals surface area contributed by atoms with Crippen molar-refractivity contribution < 1.29 is 24.5 Å². The maximum atomic E-state index is 13.1. The number of carbonyl (C=O) groups is 2. The molecule has 0 aromatic rings. The van der Waals surface area contributed by atoms with Gasteiger partial charge >= 0.3 is 5.97 Å². The van der Waals surface area contributed by atoms with Gasteiger partial charge in [-0.3, -0.25) is 9.59 Å². The monoisotopic (exact) mass is 748 g/mol. The normalized spacial score (nSPS) is 13.5. The van der Waals surface area contributed by atoms with Crippen LogP contribution in [0.1, 0.15) is 239 Å². The predicted molar refractivity (Wildman–Crippen MR) is 227 cm³/mol. The zero-order valence-corrected chi connectivity index (χ0v) is 35.4. The van der Waals surface area contributed by atoms with Crippen molar-refractivity contribution in [3.05, 3.63) is 24.3 Å². The molecule has 3 atom stereocenters. The molecule has 0 bridgehead atoms. The molecule has 0 aromatic heterocycles. The zero-order chi connectivity index (χ0) is 38.9. The van der Waals surface area contributed by atoms with Crippen molar-refractivity contribution in [1.29, 1.82) is 0 Å². The van der Waals surface area contributed by atoms with Crippen molar-refractivity contribution in [2.45, 2.75) is 257 Å². The van der Waals surface area contributed by atoms with Gasteiger partial charge in [-0.2, -0.15) is 0 Å². The first-order valence-corrected chi connectivity index (χ1v) is 23.1. The smallest absolute Gasteiger partial charge is 0.306 e. The Bertz CT molecular complexity index is 843. The number of hydrogen-bond donors (Lipinski definition) is 3. The fourth-order valence-electron chi connectivity index (χ4n) is 6.94. The van der Waals surface area contributed by atoms with Crippen LogP contribution in [0, 0.1) is 0 Å². The molecule has 0 saturated carbocycles. The molecule has 3 unspecified atom stereocenters. The zero-order valence-electron chi connectivity index (χ0n) is 35.4. The van der Waals surface area contributed by atoms with Gasteiger partial charge in [0.1, 0.15) is 6.10 Å². The van der Waals surface area contributed by atoms with E-state index in [2.05, 4.69) is 50.4 Å². The minimum Gasteiger partial charge on any atom is -0.462 e. The lowest BCUT2D eigenvalue weighted by molar-refractivity contribution is -0.151. The van der Waals surface area contributed by atoms with Gasteiger partial charge in [0, 0.05) is 6.42 Å². The van der Waals surface area contributed by atoms with Crippen LogP contribution < -0.4 is 5.32 Å². The summed E-state index contributed by atoms with van der Waals surface area (Å²) in [5.74, 6) is -0.500. The molecule has 53 heavy (non-hydrogen) atoms. The molecule has 0 heterocycles. The van der Waals surface area contributed by atoms with Crippen LogP contribution in [0.25, 0.3) is 0 Å². The summed E-state index contributed by atoms with van der Waals surface area (Å²) in [5.41, 5.74) is 0. The lowest BCUT2D eigenvalue weighted by Gasteiger charge is -2.24. The highest BCUT2D eigenvalue weighted by Crippen LogP contribution is 2.17. The topological polar surface area (TPSA) is 95.9 Å². The average Bonchev–Trinajstić information content (AvgIpc) is 3.15. The standard InChI is InChI=1S/C47H89NO5/c1-4-7-10-13-16-19-21-22-23-24-26-27-30-33-36-39-45(50)44(42-49)48-46(51)41-43(38-35-32-29-18-15-12-9-6-3)53-47(52)40-37-34-31-28-25-20-17-14-11-8-5-2/h12,14-15,17,43-45,49-50H,4-11,13,16,18-42H2,1-3H3,(H,48,51)/b15-12-,17-14-. The molecule has 0 spiro atoms. The number of aliphatic hydroxyl groups excluding tert-OH is 2. The summed E-state index contributed by atoms with van der Waals surface area (Å²) >= 11 is 0. The van der Waals surface area contributed by atoms with Crippen LogP contribution in [-0.4, -0.2) is 46.9 Å². The molecule has 0 fully saturated rings. The van der Waals surface area contributed by atoms with Crippen molar-refractivity contribution >= 4 is 11.9 Å². The highest BCUT2D eigenvalue weighted by molar-refractivity contribution is 5.77. The number of amides is 1. The van der Waals surface area contributed by atoms with Crippen molar-refractivity contribution in [3.63, 3.8) is 0 Å². The summed E-state index contributed by atoms with van der Waals surface area (Å²) in [4.78, 5) is 25.9. The van der Waals surface area contributed by atoms with Crippen molar-refractivity contribution in [3.8, 4) is 0 Å². The SMILES string of the molecule is CCC/C=C\CCCCCC(CC(=O)NC(CO)C(O)CCCCCCCCCCCCCCCCC)OC(=O)CCCCCCC/C=C\CCCC. The maximum absolute atomic E-state index is 13.1. The summed E-state index contributed by atoms with van der Waals surface area (Å²) in [5, 5.41) is 23.6. The van der Waals surface area contributed by atoms with Crippen molar-refractivity contribution in [1.82, 2.24) is 5.32 Å². The van der Waals surface area contributed by atoms with Gasteiger partial charge in [0.15, 0.2) is 0 Å². The molecule has 6 nitrogen and oxygen atoms in total. The van der Waals surface area contributed by atoms with E-state index in [1.54, 1.807) is 0 Å². The van der Waals surface area contributed by atoms with E-state index in [1.165, 1.54) is 116 Å². The third kappa shape index (κ3) is 37.1. The summed E-state index contributed by atoms with van der Waals surface area (Å²) in [6, 6.07) is -0.702. The van der Waals surface area contributed by atoms with Crippen molar-refractivity contribution in [2.24, 2.45) is 0 Å². The predicted octanol–water partition coefficient (Wildman–Crippen LogP) is 13.2. The molecular formula is C47H89NO5. The highest BCUT2D eigenvalue weighted by atomic mass is 16.5. The number of unbranched alkanes of at least 4 members (excludes halogenated alkanes) is 25. The van der Waals surface area contributed by atoms with Gasteiger partial charge in [0.05, 0.1) is 25.2 Å². The van der Waals surface area contributed by atoms with Crippen LogP contribution in [-0.2, 0) is 14.3 Å². The molecule has 0 aliphatic rings. The molecule has 0 aliphatic heterocycles. The van der Waals surface area contributed by atoms with Crippen LogP contribution in [0.3, 0.4) is 0 Å². The number of nitrogens with one attached hydrogen (secondary N) is 1. The molecule has 1 amide bonds.